The molecule has 0 spiro atoms. The number of nitrogens with one attached hydrogen (secondary N) is 1. The van der Waals surface area contributed by atoms with Crippen LogP contribution in [0.4, 0.5) is 5.69 Å². The number of fused-ring (bicyclic) bond motifs is 1. The molecule has 4 aromatic rings. The summed E-state index contributed by atoms with van der Waals surface area (Å²) < 4.78 is 7.09. The predicted molar refractivity (Wildman–Crippen MR) is 149 cm³/mol. The van der Waals surface area contributed by atoms with E-state index in [0.717, 1.165) is 27.7 Å². The van der Waals surface area contributed by atoms with Gasteiger partial charge < -0.3 is 10.1 Å². The average molecular weight is 543 g/mol. The maximum atomic E-state index is 12.6. The molecule has 1 amide bonds. The number of amidine groups is 1. The molecule has 1 fully saturated rings. The van der Waals surface area contributed by atoms with Gasteiger partial charge in [0.1, 0.15) is 12.4 Å². The van der Waals surface area contributed by atoms with E-state index in [1.165, 1.54) is 28.1 Å². The number of rotatable bonds is 6. The number of benzene rings is 4. The summed E-state index contributed by atoms with van der Waals surface area (Å²) in [5.74, 6) is 0.544. The van der Waals surface area contributed by atoms with Crippen LogP contribution in [-0.2, 0) is 17.8 Å². The minimum absolute atomic E-state index is 0.167. The van der Waals surface area contributed by atoms with E-state index < -0.39 is 0 Å². The topological polar surface area (TPSA) is 50.7 Å². The highest BCUT2D eigenvalue weighted by molar-refractivity contribution is 9.10. The predicted octanol–water partition coefficient (Wildman–Crippen LogP) is 7.64. The van der Waals surface area contributed by atoms with Crippen molar-refractivity contribution in [1.29, 1.82) is 0 Å². The van der Waals surface area contributed by atoms with Crippen LogP contribution in [0, 0.1) is 0 Å². The lowest BCUT2D eigenvalue weighted by Gasteiger charge is -2.11. The SMILES string of the molecule is CCc1ccc(N=C2NC(=O)/C(=C/c3cc(Br)ccc3OCc3ccc4ccccc4c3)S2)cc1. The van der Waals surface area contributed by atoms with Crippen molar-refractivity contribution < 1.29 is 9.53 Å². The largest absolute Gasteiger partial charge is 0.488 e. The Balaban J connectivity index is 1.35. The van der Waals surface area contributed by atoms with Crippen LogP contribution < -0.4 is 10.1 Å². The van der Waals surface area contributed by atoms with Gasteiger partial charge in [-0.3, -0.25) is 4.79 Å². The van der Waals surface area contributed by atoms with Crippen LogP contribution >= 0.6 is 27.7 Å². The van der Waals surface area contributed by atoms with Gasteiger partial charge in [0.25, 0.3) is 5.91 Å². The summed E-state index contributed by atoms with van der Waals surface area (Å²) in [6.45, 7) is 2.55. The van der Waals surface area contributed by atoms with E-state index in [4.69, 9.17) is 4.74 Å². The standard InChI is InChI=1S/C29H23BrN2O2S/c1-2-19-8-12-25(13-9-19)31-29-32-28(33)27(35-29)17-23-16-24(30)11-14-26(23)34-18-20-7-10-21-5-3-4-6-22(21)15-20/h3-17H,2,18H2,1H3,(H,31,32,33)/b27-17-. The molecule has 1 saturated heterocycles. The molecule has 1 aliphatic heterocycles. The molecule has 174 valence electrons. The lowest BCUT2D eigenvalue weighted by atomic mass is 10.1. The van der Waals surface area contributed by atoms with Gasteiger partial charge in [-0.1, -0.05) is 71.4 Å². The monoisotopic (exact) mass is 542 g/mol. The Bertz CT molecular complexity index is 1460. The molecule has 4 nitrogen and oxygen atoms in total. The molecule has 0 saturated carbocycles. The Morgan fingerprint density at radius 1 is 0.943 bits per heavy atom. The van der Waals surface area contributed by atoms with Crippen LogP contribution in [0.1, 0.15) is 23.6 Å². The quantitative estimate of drug-likeness (QED) is 0.255. The second-order valence-corrected chi connectivity index (χ2v) is 10.1. The van der Waals surface area contributed by atoms with Gasteiger partial charge >= 0.3 is 0 Å². The second kappa shape index (κ2) is 10.5. The average Bonchev–Trinajstić information content (AvgIpc) is 3.22. The molecule has 1 N–H and O–H groups in total. The second-order valence-electron chi connectivity index (χ2n) is 8.15. The van der Waals surface area contributed by atoms with Crippen molar-refractivity contribution in [2.45, 2.75) is 20.0 Å². The number of hydrogen-bond donors (Lipinski definition) is 1. The first-order chi connectivity index (χ1) is 17.1. The van der Waals surface area contributed by atoms with Crippen molar-refractivity contribution in [1.82, 2.24) is 5.32 Å². The Kier molecular flexibility index (Phi) is 7.02. The highest BCUT2D eigenvalue weighted by Gasteiger charge is 2.24. The minimum Gasteiger partial charge on any atom is -0.488 e. The van der Waals surface area contributed by atoms with Gasteiger partial charge in [-0.15, -0.1) is 0 Å². The van der Waals surface area contributed by atoms with Crippen LogP contribution in [-0.4, -0.2) is 11.1 Å². The summed E-state index contributed by atoms with van der Waals surface area (Å²) >= 11 is 4.86. The molecule has 35 heavy (non-hydrogen) atoms. The van der Waals surface area contributed by atoms with Gasteiger partial charge in [0.2, 0.25) is 0 Å². The molecule has 1 aliphatic rings. The summed E-state index contributed by atoms with van der Waals surface area (Å²) in [6, 6.07) is 28.4. The van der Waals surface area contributed by atoms with Gasteiger partial charge in [0.05, 0.1) is 10.6 Å². The first-order valence-electron chi connectivity index (χ1n) is 11.4. The number of carbonyl (C=O) groups excluding carboxylic acids is 1. The van der Waals surface area contributed by atoms with Crippen LogP contribution in [0.5, 0.6) is 5.75 Å². The minimum atomic E-state index is -0.167. The molecular weight excluding hydrogens is 520 g/mol. The Morgan fingerprint density at radius 3 is 2.51 bits per heavy atom. The van der Waals surface area contributed by atoms with E-state index in [2.05, 4.69) is 75.6 Å². The molecule has 4 aromatic carbocycles. The maximum Gasteiger partial charge on any atom is 0.264 e. The summed E-state index contributed by atoms with van der Waals surface area (Å²) in [6.07, 6.45) is 2.83. The number of amides is 1. The Labute approximate surface area is 217 Å². The summed E-state index contributed by atoms with van der Waals surface area (Å²) in [4.78, 5) is 17.8. The van der Waals surface area contributed by atoms with E-state index in [0.29, 0.717) is 22.4 Å². The number of halogens is 1. The number of thioether (sulfide) groups is 1. The van der Waals surface area contributed by atoms with Crippen LogP contribution in [0.2, 0.25) is 0 Å². The lowest BCUT2D eigenvalue weighted by Crippen LogP contribution is -2.19. The fraction of sp³-hybridized carbons (Fsp3) is 0.103. The van der Waals surface area contributed by atoms with Gasteiger partial charge in [0.15, 0.2) is 5.17 Å². The molecule has 0 radical (unpaired) electrons. The van der Waals surface area contributed by atoms with E-state index in [9.17, 15) is 4.79 Å². The van der Waals surface area contributed by atoms with Crippen molar-refractivity contribution in [3.05, 3.63) is 111 Å². The zero-order valence-electron chi connectivity index (χ0n) is 19.1. The van der Waals surface area contributed by atoms with Gasteiger partial charge in [-0.05, 0) is 82.6 Å². The van der Waals surface area contributed by atoms with Gasteiger partial charge in [0, 0.05) is 10.0 Å². The van der Waals surface area contributed by atoms with E-state index in [1.807, 2.05) is 48.5 Å². The number of ether oxygens (including phenoxy) is 1. The van der Waals surface area contributed by atoms with Crippen LogP contribution in [0.3, 0.4) is 0 Å². The van der Waals surface area contributed by atoms with E-state index in [-0.39, 0.29) is 5.91 Å². The summed E-state index contributed by atoms with van der Waals surface area (Å²) in [7, 11) is 0. The first kappa shape index (κ1) is 23.4. The molecule has 1 heterocycles. The maximum absolute atomic E-state index is 12.6. The highest BCUT2D eigenvalue weighted by atomic mass is 79.9. The third-order valence-electron chi connectivity index (χ3n) is 5.69. The molecule has 0 aromatic heterocycles. The number of carbonyl (C=O) groups is 1. The number of hydrogen-bond acceptors (Lipinski definition) is 4. The normalized spacial score (nSPS) is 15.7. The summed E-state index contributed by atoms with van der Waals surface area (Å²) in [5.41, 5.74) is 3.98. The van der Waals surface area contributed by atoms with Crippen molar-refractivity contribution in [2.24, 2.45) is 4.99 Å². The van der Waals surface area contributed by atoms with Gasteiger partial charge in [-0.25, -0.2) is 4.99 Å². The zero-order chi connectivity index (χ0) is 24.2. The van der Waals surface area contributed by atoms with Crippen molar-refractivity contribution in [3.8, 4) is 5.75 Å². The van der Waals surface area contributed by atoms with Crippen LogP contribution in [0.25, 0.3) is 16.8 Å². The van der Waals surface area contributed by atoms with Crippen molar-refractivity contribution >= 4 is 61.3 Å². The van der Waals surface area contributed by atoms with Crippen molar-refractivity contribution in [3.63, 3.8) is 0 Å². The lowest BCUT2D eigenvalue weighted by molar-refractivity contribution is -0.115. The first-order valence-corrected chi connectivity index (χ1v) is 13.0. The number of aryl methyl sites for hydroxylation is 1. The molecule has 5 rings (SSSR count). The number of aliphatic imine (C=N–C) groups is 1. The Hall–Kier alpha value is -3.35. The number of nitrogens with zero attached hydrogens (tertiary/aromatic N) is 1. The van der Waals surface area contributed by atoms with E-state index in [1.54, 1.807) is 0 Å². The molecule has 0 aliphatic carbocycles. The van der Waals surface area contributed by atoms with Gasteiger partial charge in [-0.2, -0.15) is 0 Å². The smallest absolute Gasteiger partial charge is 0.264 e. The van der Waals surface area contributed by atoms with E-state index >= 15 is 0 Å². The fourth-order valence-corrected chi connectivity index (χ4v) is 5.01. The zero-order valence-corrected chi connectivity index (χ0v) is 21.5. The molecular formula is C29H23BrN2O2S. The molecule has 0 atom stereocenters. The highest BCUT2D eigenvalue weighted by Crippen LogP contribution is 2.32. The fourth-order valence-electron chi connectivity index (χ4n) is 3.80. The van der Waals surface area contributed by atoms with Crippen molar-refractivity contribution in [2.75, 3.05) is 0 Å². The van der Waals surface area contributed by atoms with Crippen LogP contribution in [0.15, 0.2) is 99.3 Å². The molecule has 0 bridgehead atoms. The summed E-state index contributed by atoms with van der Waals surface area (Å²) in [5, 5.41) is 5.82. The molecule has 0 unspecified atom stereocenters. The Morgan fingerprint density at radius 2 is 1.71 bits per heavy atom. The molecule has 6 heteroatoms. The third-order valence-corrected chi connectivity index (χ3v) is 7.10. The third kappa shape index (κ3) is 5.66.